The van der Waals surface area contributed by atoms with Crippen LogP contribution in [0.25, 0.3) is 21.5 Å². The Kier molecular flexibility index (Phi) is 4.48. The summed E-state index contributed by atoms with van der Waals surface area (Å²) in [7, 11) is 0. The maximum absolute atomic E-state index is 9.40. The average molecular weight is 378 g/mol. The summed E-state index contributed by atoms with van der Waals surface area (Å²) in [6.45, 7) is 0.488. The maximum atomic E-state index is 9.40. The molecule has 0 spiro atoms. The molecule has 0 radical (unpaired) electrons. The van der Waals surface area contributed by atoms with Crippen molar-refractivity contribution < 1.29 is 0 Å². The molecule has 0 unspecified atom stereocenters. The SMILES string of the molecule is N#Cc1cc(NCc2nnc(-c3ccccc3)s2)nc2ccc(Cl)cc12. The first-order valence-corrected chi connectivity index (χ1v) is 9.04. The number of benzene rings is 2. The third-order valence-electron chi connectivity index (χ3n) is 3.80. The van der Waals surface area contributed by atoms with E-state index in [1.54, 1.807) is 18.2 Å². The lowest BCUT2D eigenvalue weighted by Crippen LogP contribution is -2.02. The van der Waals surface area contributed by atoms with Gasteiger partial charge in [0.1, 0.15) is 15.8 Å². The van der Waals surface area contributed by atoms with Gasteiger partial charge in [0.2, 0.25) is 0 Å². The summed E-state index contributed by atoms with van der Waals surface area (Å²) in [5, 5.41) is 24.1. The van der Waals surface area contributed by atoms with Crippen LogP contribution in [0.1, 0.15) is 10.6 Å². The Labute approximate surface area is 158 Å². The molecule has 0 saturated heterocycles. The van der Waals surface area contributed by atoms with Gasteiger partial charge in [-0.3, -0.25) is 0 Å². The van der Waals surface area contributed by atoms with Gasteiger partial charge < -0.3 is 5.32 Å². The smallest absolute Gasteiger partial charge is 0.147 e. The number of nitrogens with one attached hydrogen (secondary N) is 1. The van der Waals surface area contributed by atoms with Crippen LogP contribution in [0.15, 0.2) is 54.6 Å². The average Bonchev–Trinajstić information content (AvgIpc) is 3.15. The highest BCUT2D eigenvalue weighted by Crippen LogP contribution is 2.26. The molecule has 2 heterocycles. The van der Waals surface area contributed by atoms with Gasteiger partial charge in [0.25, 0.3) is 0 Å². The molecule has 2 aromatic heterocycles. The number of hydrogen-bond acceptors (Lipinski definition) is 6. The van der Waals surface area contributed by atoms with Gasteiger partial charge in [-0.1, -0.05) is 53.3 Å². The van der Waals surface area contributed by atoms with Crippen molar-refractivity contribution in [3.05, 3.63) is 70.2 Å². The minimum atomic E-state index is 0.488. The molecule has 0 bridgehead atoms. The fourth-order valence-corrected chi connectivity index (χ4v) is 3.53. The molecule has 1 N–H and O–H groups in total. The second kappa shape index (κ2) is 7.08. The Morgan fingerprint density at radius 3 is 2.73 bits per heavy atom. The molecule has 0 amide bonds. The summed E-state index contributed by atoms with van der Waals surface area (Å²) in [5.74, 6) is 0.618. The molecule has 4 aromatic rings. The predicted molar refractivity (Wildman–Crippen MR) is 104 cm³/mol. The highest BCUT2D eigenvalue weighted by atomic mass is 35.5. The minimum Gasteiger partial charge on any atom is -0.363 e. The van der Waals surface area contributed by atoms with Gasteiger partial charge in [-0.05, 0) is 24.3 Å². The van der Waals surface area contributed by atoms with E-state index in [-0.39, 0.29) is 0 Å². The molecule has 4 rings (SSSR count). The zero-order chi connectivity index (χ0) is 17.9. The molecule has 0 aliphatic heterocycles. The molecule has 2 aromatic carbocycles. The Morgan fingerprint density at radius 1 is 1.08 bits per heavy atom. The van der Waals surface area contributed by atoms with Crippen molar-refractivity contribution in [2.75, 3.05) is 5.32 Å². The Hall–Kier alpha value is -3.01. The van der Waals surface area contributed by atoms with Crippen LogP contribution < -0.4 is 5.32 Å². The second-order valence-corrected chi connectivity index (χ2v) is 7.05. The van der Waals surface area contributed by atoms with Crippen LogP contribution in [0.2, 0.25) is 5.02 Å². The molecule has 0 saturated carbocycles. The largest absolute Gasteiger partial charge is 0.363 e. The molecule has 0 atom stereocenters. The van der Waals surface area contributed by atoms with Crippen LogP contribution in [-0.4, -0.2) is 15.2 Å². The van der Waals surface area contributed by atoms with E-state index in [2.05, 4.69) is 26.6 Å². The molecule has 0 fully saturated rings. The highest BCUT2D eigenvalue weighted by Gasteiger charge is 2.09. The monoisotopic (exact) mass is 377 g/mol. The summed E-state index contributed by atoms with van der Waals surface area (Å²) in [6.07, 6.45) is 0. The van der Waals surface area contributed by atoms with Gasteiger partial charge in [0.05, 0.1) is 23.7 Å². The maximum Gasteiger partial charge on any atom is 0.147 e. The van der Waals surface area contributed by atoms with E-state index in [4.69, 9.17) is 11.6 Å². The normalized spacial score (nSPS) is 10.6. The van der Waals surface area contributed by atoms with Crippen molar-refractivity contribution >= 4 is 39.7 Å². The lowest BCUT2D eigenvalue weighted by atomic mass is 10.1. The molecule has 0 aliphatic rings. The van der Waals surface area contributed by atoms with Gasteiger partial charge in [0.15, 0.2) is 0 Å². The molecular formula is C19H12ClN5S. The first-order valence-electron chi connectivity index (χ1n) is 7.85. The van der Waals surface area contributed by atoms with Crippen LogP contribution >= 0.6 is 22.9 Å². The van der Waals surface area contributed by atoms with Crippen molar-refractivity contribution in [1.29, 1.82) is 5.26 Å². The van der Waals surface area contributed by atoms with Crippen LogP contribution in [-0.2, 0) is 6.54 Å². The molecular weight excluding hydrogens is 366 g/mol. The Balaban J connectivity index is 1.56. The molecule has 0 aliphatic carbocycles. The number of anilines is 1. The first-order chi connectivity index (χ1) is 12.7. The molecule has 126 valence electrons. The number of hydrogen-bond donors (Lipinski definition) is 1. The number of pyridine rings is 1. The van der Waals surface area contributed by atoms with Crippen molar-refractivity contribution in [2.45, 2.75) is 6.54 Å². The number of fused-ring (bicyclic) bond motifs is 1. The van der Waals surface area contributed by atoms with Crippen molar-refractivity contribution in [1.82, 2.24) is 15.2 Å². The van der Waals surface area contributed by atoms with Gasteiger partial charge in [-0.2, -0.15) is 5.26 Å². The van der Waals surface area contributed by atoms with E-state index in [0.29, 0.717) is 22.9 Å². The van der Waals surface area contributed by atoms with E-state index < -0.39 is 0 Å². The summed E-state index contributed by atoms with van der Waals surface area (Å²) in [5.41, 5.74) is 2.30. The van der Waals surface area contributed by atoms with Crippen molar-refractivity contribution in [2.24, 2.45) is 0 Å². The zero-order valence-electron chi connectivity index (χ0n) is 13.5. The van der Waals surface area contributed by atoms with Gasteiger partial charge >= 0.3 is 0 Å². The van der Waals surface area contributed by atoms with E-state index in [1.165, 1.54) is 11.3 Å². The summed E-state index contributed by atoms with van der Waals surface area (Å²) >= 11 is 7.54. The van der Waals surface area contributed by atoms with Gasteiger partial charge in [-0.15, -0.1) is 10.2 Å². The van der Waals surface area contributed by atoms with Crippen LogP contribution in [0.4, 0.5) is 5.82 Å². The van der Waals surface area contributed by atoms with Gasteiger partial charge in [-0.25, -0.2) is 4.98 Å². The van der Waals surface area contributed by atoms with Crippen molar-refractivity contribution in [3.8, 4) is 16.6 Å². The highest BCUT2D eigenvalue weighted by molar-refractivity contribution is 7.14. The van der Waals surface area contributed by atoms with Crippen LogP contribution in [0.3, 0.4) is 0 Å². The predicted octanol–water partition coefficient (Wildman–Crippen LogP) is 4.89. The standard InChI is InChI=1S/C19H12ClN5S/c20-14-6-7-16-15(9-14)13(10-21)8-17(23-16)22-11-18-24-25-19(26-18)12-4-2-1-3-5-12/h1-9H,11H2,(H,22,23). The summed E-state index contributed by atoms with van der Waals surface area (Å²) in [4.78, 5) is 4.54. The topological polar surface area (TPSA) is 74.5 Å². The fraction of sp³-hybridized carbons (Fsp3) is 0.0526. The quantitative estimate of drug-likeness (QED) is 0.548. The minimum absolute atomic E-state index is 0.488. The van der Waals surface area contributed by atoms with E-state index in [1.807, 2.05) is 36.4 Å². The van der Waals surface area contributed by atoms with Crippen LogP contribution in [0.5, 0.6) is 0 Å². The lowest BCUT2D eigenvalue weighted by Gasteiger charge is -2.07. The zero-order valence-corrected chi connectivity index (χ0v) is 15.1. The first kappa shape index (κ1) is 16.5. The summed E-state index contributed by atoms with van der Waals surface area (Å²) < 4.78 is 0. The van der Waals surface area contributed by atoms with Crippen LogP contribution in [0, 0.1) is 11.3 Å². The molecule has 26 heavy (non-hydrogen) atoms. The lowest BCUT2D eigenvalue weighted by molar-refractivity contribution is 0.987. The van der Waals surface area contributed by atoms with Gasteiger partial charge in [0, 0.05) is 16.0 Å². The Bertz CT molecular complexity index is 1120. The van der Waals surface area contributed by atoms with E-state index in [9.17, 15) is 5.26 Å². The molecule has 5 nitrogen and oxygen atoms in total. The number of nitriles is 1. The number of halogens is 1. The van der Waals surface area contributed by atoms with E-state index >= 15 is 0 Å². The summed E-state index contributed by atoms with van der Waals surface area (Å²) in [6, 6.07) is 19.2. The third-order valence-corrected chi connectivity index (χ3v) is 5.01. The number of aromatic nitrogens is 3. The third kappa shape index (κ3) is 3.36. The fourth-order valence-electron chi connectivity index (χ4n) is 2.57. The van der Waals surface area contributed by atoms with Crippen molar-refractivity contribution in [3.63, 3.8) is 0 Å². The number of nitrogens with zero attached hydrogens (tertiary/aromatic N) is 4. The van der Waals surface area contributed by atoms with E-state index in [0.717, 1.165) is 26.5 Å². The second-order valence-electron chi connectivity index (χ2n) is 5.55. The Morgan fingerprint density at radius 2 is 1.92 bits per heavy atom. The number of rotatable bonds is 4. The molecule has 7 heteroatoms.